The van der Waals surface area contributed by atoms with Gasteiger partial charge in [0, 0.05) is 11.6 Å². The van der Waals surface area contributed by atoms with E-state index in [1.165, 1.54) is 18.2 Å². The lowest BCUT2D eigenvalue weighted by molar-refractivity contribution is -0.384. The third-order valence-corrected chi connectivity index (χ3v) is 3.68. The number of methoxy groups -OCH3 is 2. The molecule has 8 heteroatoms. The fourth-order valence-electron chi connectivity index (χ4n) is 2.37. The van der Waals surface area contributed by atoms with E-state index in [-0.39, 0.29) is 30.0 Å². The largest absolute Gasteiger partial charge is 0.497 e. The number of carbonyl (C=O) groups excluding carboxylic acids is 1. The quantitative estimate of drug-likeness (QED) is 0.574. The van der Waals surface area contributed by atoms with Gasteiger partial charge in [-0.1, -0.05) is 6.07 Å². The molecule has 2 aromatic carbocycles. The van der Waals surface area contributed by atoms with Crippen LogP contribution in [0.5, 0.6) is 17.2 Å². The van der Waals surface area contributed by atoms with Gasteiger partial charge in [0.1, 0.15) is 17.2 Å². The molecule has 1 atom stereocenters. The predicted octanol–water partition coefficient (Wildman–Crippen LogP) is 2.87. The number of hydrogen-bond acceptors (Lipinski definition) is 6. The molecule has 0 unspecified atom stereocenters. The van der Waals surface area contributed by atoms with E-state index in [4.69, 9.17) is 14.2 Å². The molecule has 0 fully saturated rings. The summed E-state index contributed by atoms with van der Waals surface area (Å²) in [7, 11) is 3.10. The Hall–Kier alpha value is -3.29. The summed E-state index contributed by atoms with van der Waals surface area (Å²) in [5.41, 5.74) is 0.660. The molecule has 26 heavy (non-hydrogen) atoms. The van der Waals surface area contributed by atoms with Crippen LogP contribution in [0.3, 0.4) is 0 Å². The Balaban J connectivity index is 1.99. The normalized spacial score (nSPS) is 11.3. The first-order valence-corrected chi connectivity index (χ1v) is 7.83. The predicted molar refractivity (Wildman–Crippen MR) is 94.7 cm³/mol. The first-order chi connectivity index (χ1) is 12.4. The van der Waals surface area contributed by atoms with Crippen LogP contribution in [-0.4, -0.2) is 31.7 Å². The Morgan fingerprint density at radius 1 is 1.15 bits per heavy atom. The van der Waals surface area contributed by atoms with E-state index >= 15 is 0 Å². The molecular weight excluding hydrogens is 340 g/mol. The van der Waals surface area contributed by atoms with Gasteiger partial charge in [0.2, 0.25) is 0 Å². The molecule has 2 rings (SSSR count). The number of amides is 1. The number of nitro benzene ring substituents is 1. The summed E-state index contributed by atoms with van der Waals surface area (Å²) in [5.74, 6) is 1.16. The second-order valence-corrected chi connectivity index (χ2v) is 5.44. The molecule has 0 saturated heterocycles. The summed E-state index contributed by atoms with van der Waals surface area (Å²) in [4.78, 5) is 22.4. The molecule has 2 aromatic rings. The first kappa shape index (κ1) is 19.0. The van der Waals surface area contributed by atoms with Crippen molar-refractivity contribution in [1.29, 1.82) is 0 Å². The van der Waals surface area contributed by atoms with Crippen LogP contribution in [0, 0.1) is 10.1 Å². The summed E-state index contributed by atoms with van der Waals surface area (Å²) in [6.07, 6.45) is 0. The smallest absolute Gasteiger partial charge is 0.273 e. The maximum Gasteiger partial charge on any atom is 0.273 e. The number of nitrogens with one attached hydrogen (secondary N) is 1. The van der Waals surface area contributed by atoms with Crippen molar-refractivity contribution >= 4 is 11.6 Å². The number of non-ortho nitro benzene ring substituents is 1. The highest BCUT2D eigenvalue weighted by Crippen LogP contribution is 2.29. The second kappa shape index (κ2) is 8.70. The van der Waals surface area contributed by atoms with E-state index in [9.17, 15) is 14.9 Å². The molecule has 0 spiro atoms. The average molecular weight is 360 g/mol. The molecule has 1 amide bonds. The van der Waals surface area contributed by atoms with Crippen molar-refractivity contribution in [2.45, 2.75) is 13.0 Å². The zero-order valence-electron chi connectivity index (χ0n) is 14.7. The third-order valence-electron chi connectivity index (χ3n) is 3.68. The first-order valence-electron chi connectivity index (χ1n) is 7.83. The number of ether oxygens (including phenoxy) is 3. The number of rotatable bonds is 8. The van der Waals surface area contributed by atoms with Crippen molar-refractivity contribution in [3.05, 3.63) is 58.1 Å². The summed E-state index contributed by atoms with van der Waals surface area (Å²) < 4.78 is 15.8. The number of benzene rings is 2. The zero-order chi connectivity index (χ0) is 19.1. The van der Waals surface area contributed by atoms with Crippen LogP contribution in [0.1, 0.15) is 18.5 Å². The lowest BCUT2D eigenvalue weighted by atomic mass is 10.1. The van der Waals surface area contributed by atoms with E-state index in [0.717, 1.165) is 5.56 Å². The van der Waals surface area contributed by atoms with Crippen molar-refractivity contribution in [2.75, 3.05) is 20.8 Å². The summed E-state index contributed by atoms with van der Waals surface area (Å²) >= 11 is 0. The topological polar surface area (TPSA) is 99.9 Å². The minimum Gasteiger partial charge on any atom is -0.497 e. The maximum absolute atomic E-state index is 12.1. The van der Waals surface area contributed by atoms with Crippen molar-refractivity contribution in [2.24, 2.45) is 0 Å². The van der Waals surface area contributed by atoms with Crippen LogP contribution in [0.4, 0.5) is 5.69 Å². The zero-order valence-corrected chi connectivity index (χ0v) is 14.7. The molecular formula is C18H20N2O6. The molecule has 0 bridgehead atoms. The molecule has 0 aromatic heterocycles. The maximum atomic E-state index is 12.1. The van der Waals surface area contributed by atoms with Crippen molar-refractivity contribution in [3.8, 4) is 17.2 Å². The Kier molecular flexibility index (Phi) is 6.37. The Morgan fingerprint density at radius 2 is 1.92 bits per heavy atom. The van der Waals surface area contributed by atoms with Crippen LogP contribution < -0.4 is 19.5 Å². The van der Waals surface area contributed by atoms with Gasteiger partial charge in [-0.05, 0) is 31.2 Å². The van der Waals surface area contributed by atoms with Gasteiger partial charge < -0.3 is 19.5 Å². The number of hydrogen-bond donors (Lipinski definition) is 1. The highest BCUT2D eigenvalue weighted by Gasteiger charge is 2.16. The number of carbonyl (C=O) groups is 1. The monoisotopic (exact) mass is 360 g/mol. The summed E-state index contributed by atoms with van der Waals surface area (Å²) in [5, 5.41) is 13.6. The summed E-state index contributed by atoms with van der Waals surface area (Å²) in [6.45, 7) is 1.54. The molecule has 0 aliphatic rings. The van der Waals surface area contributed by atoms with Gasteiger partial charge in [0.25, 0.3) is 11.6 Å². The summed E-state index contributed by atoms with van der Waals surface area (Å²) in [6, 6.07) is 10.6. The fraction of sp³-hybridized carbons (Fsp3) is 0.278. The Labute approximate surface area is 150 Å². The van der Waals surface area contributed by atoms with E-state index in [2.05, 4.69) is 5.32 Å². The van der Waals surface area contributed by atoms with Crippen molar-refractivity contribution < 1.29 is 23.9 Å². The standard InChI is InChI=1S/C18H20N2O6/c1-12(16-10-14(24-2)7-8-17(16)25-3)19-18(21)11-26-15-6-4-5-13(9-15)20(22)23/h4-10,12H,11H2,1-3H3,(H,19,21)/t12-/m1/s1. The minimum absolute atomic E-state index is 0.0996. The Bertz CT molecular complexity index is 793. The Morgan fingerprint density at radius 3 is 2.58 bits per heavy atom. The molecule has 0 saturated carbocycles. The van der Waals surface area contributed by atoms with E-state index < -0.39 is 4.92 Å². The van der Waals surface area contributed by atoms with Crippen LogP contribution in [0.25, 0.3) is 0 Å². The highest BCUT2D eigenvalue weighted by molar-refractivity contribution is 5.78. The second-order valence-electron chi connectivity index (χ2n) is 5.44. The molecule has 0 heterocycles. The van der Waals surface area contributed by atoms with Gasteiger partial charge in [-0.25, -0.2) is 0 Å². The number of nitro groups is 1. The lowest BCUT2D eigenvalue weighted by Gasteiger charge is -2.18. The van der Waals surface area contributed by atoms with E-state index in [1.54, 1.807) is 38.5 Å². The van der Waals surface area contributed by atoms with Gasteiger partial charge in [-0.3, -0.25) is 14.9 Å². The molecule has 0 aliphatic heterocycles. The van der Waals surface area contributed by atoms with Gasteiger partial charge in [0.15, 0.2) is 6.61 Å². The SMILES string of the molecule is COc1ccc(OC)c([C@@H](C)NC(=O)COc2cccc([N+](=O)[O-])c2)c1. The van der Waals surface area contributed by atoms with Crippen molar-refractivity contribution in [3.63, 3.8) is 0 Å². The highest BCUT2D eigenvalue weighted by atomic mass is 16.6. The molecule has 8 nitrogen and oxygen atoms in total. The fourth-order valence-corrected chi connectivity index (χ4v) is 2.37. The van der Waals surface area contributed by atoms with E-state index in [1.807, 2.05) is 6.92 Å². The van der Waals surface area contributed by atoms with Crippen LogP contribution in [0.2, 0.25) is 0 Å². The third kappa shape index (κ3) is 4.85. The van der Waals surface area contributed by atoms with Gasteiger partial charge in [-0.15, -0.1) is 0 Å². The van der Waals surface area contributed by atoms with Crippen molar-refractivity contribution in [1.82, 2.24) is 5.32 Å². The van der Waals surface area contributed by atoms with Crippen LogP contribution in [-0.2, 0) is 4.79 Å². The average Bonchev–Trinajstić information content (AvgIpc) is 2.65. The lowest BCUT2D eigenvalue weighted by Crippen LogP contribution is -2.31. The molecule has 0 aliphatic carbocycles. The van der Waals surface area contributed by atoms with Gasteiger partial charge in [-0.2, -0.15) is 0 Å². The molecule has 1 N–H and O–H groups in total. The van der Waals surface area contributed by atoms with Gasteiger partial charge in [0.05, 0.1) is 31.3 Å². The molecule has 138 valence electrons. The van der Waals surface area contributed by atoms with E-state index in [0.29, 0.717) is 11.5 Å². The minimum atomic E-state index is -0.524. The number of nitrogens with zero attached hydrogens (tertiary/aromatic N) is 1. The van der Waals surface area contributed by atoms with Crippen LogP contribution >= 0.6 is 0 Å². The van der Waals surface area contributed by atoms with Crippen LogP contribution in [0.15, 0.2) is 42.5 Å². The molecule has 0 radical (unpaired) electrons. The van der Waals surface area contributed by atoms with Gasteiger partial charge >= 0.3 is 0 Å².